The molecule has 0 unspecified atom stereocenters. The first-order chi connectivity index (χ1) is 13.0. The summed E-state index contributed by atoms with van der Waals surface area (Å²) in [6.45, 7) is 9.87. The smallest absolute Gasteiger partial charge is 0.303 e. The summed E-state index contributed by atoms with van der Waals surface area (Å²) in [4.78, 5) is 36.8. The van der Waals surface area contributed by atoms with Crippen molar-refractivity contribution in [1.29, 1.82) is 0 Å². The number of allylic oxidation sites excluding steroid dienone is 1. The fourth-order valence-electron chi connectivity index (χ4n) is 8.05. The van der Waals surface area contributed by atoms with Crippen molar-refractivity contribution in [3.63, 3.8) is 0 Å². The van der Waals surface area contributed by atoms with E-state index in [0.717, 1.165) is 32.1 Å². The third kappa shape index (κ3) is 2.45. The first-order valence-electron chi connectivity index (χ1n) is 11.0. The van der Waals surface area contributed by atoms with Gasteiger partial charge in [-0.15, -0.1) is 0 Å². The molecule has 0 aliphatic heterocycles. The van der Waals surface area contributed by atoms with Crippen LogP contribution in [0, 0.1) is 34.5 Å². The monoisotopic (exact) mass is 386 g/mol. The number of fused-ring (bicyclic) bond motifs is 5. The van der Waals surface area contributed by atoms with Gasteiger partial charge in [-0.25, -0.2) is 0 Å². The van der Waals surface area contributed by atoms with E-state index in [4.69, 9.17) is 4.74 Å². The van der Waals surface area contributed by atoms with E-state index in [2.05, 4.69) is 20.8 Å². The first kappa shape index (κ1) is 19.8. The summed E-state index contributed by atoms with van der Waals surface area (Å²) in [5.74, 6) is 1.82. The Hall–Kier alpha value is -1.45. The second kappa shape index (κ2) is 6.27. The minimum atomic E-state index is -0.961. The van der Waals surface area contributed by atoms with Crippen molar-refractivity contribution in [2.75, 3.05) is 0 Å². The number of carbonyl (C=O) groups is 3. The second-order valence-corrected chi connectivity index (χ2v) is 10.5. The molecular weight excluding hydrogens is 352 g/mol. The Morgan fingerprint density at radius 3 is 2.39 bits per heavy atom. The number of carbonyl (C=O) groups excluding carboxylic acids is 3. The quantitative estimate of drug-likeness (QED) is 0.648. The molecule has 0 amide bonds. The highest BCUT2D eigenvalue weighted by Gasteiger charge is 2.68. The van der Waals surface area contributed by atoms with Gasteiger partial charge in [-0.3, -0.25) is 14.4 Å². The van der Waals surface area contributed by atoms with Gasteiger partial charge in [0.15, 0.2) is 17.2 Å². The molecule has 0 bridgehead atoms. The Morgan fingerprint density at radius 2 is 1.75 bits per heavy atom. The molecule has 28 heavy (non-hydrogen) atoms. The normalized spacial score (nSPS) is 47.5. The summed E-state index contributed by atoms with van der Waals surface area (Å²) in [6.07, 6.45) is 8.19. The van der Waals surface area contributed by atoms with Crippen LogP contribution in [0.3, 0.4) is 0 Å². The Kier molecular flexibility index (Phi) is 4.45. The fourth-order valence-corrected chi connectivity index (χ4v) is 8.05. The van der Waals surface area contributed by atoms with Gasteiger partial charge in [0.25, 0.3) is 0 Å². The Bertz CT molecular complexity index is 767. The second-order valence-electron chi connectivity index (χ2n) is 10.5. The topological polar surface area (TPSA) is 60.4 Å². The standard InChI is InChI=1S/C24H34O4/c1-14-12-18-19(22(4)9-6-17(27)13-21(14)22)7-10-23(5)20(18)8-11-24(23,15(2)25)28-16(3)26/h13-14,18-20H,6-12H2,1-5H3/t14-,18-,19+,20+,22+,23+,24+/m0/s1. The van der Waals surface area contributed by atoms with Gasteiger partial charge in [0.1, 0.15) is 0 Å². The van der Waals surface area contributed by atoms with E-state index in [9.17, 15) is 14.4 Å². The van der Waals surface area contributed by atoms with E-state index >= 15 is 0 Å². The molecule has 4 rings (SSSR count). The predicted molar refractivity (Wildman–Crippen MR) is 106 cm³/mol. The zero-order valence-corrected chi connectivity index (χ0v) is 18.0. The van der Waals surface area contributed by atoms with Crippen molar-refractivity contribution in [3.8, 4) is 0 Å². The van der Waals surface area contributed by atoms with E-state index in [-0.39, 0.29) is 28.4 Å². The summed E-state index contributed by atoms with van der Waals surface area (Å²) >= 11 is 0. The van der Waals surface area contributed by atoms with Gasteiger partial charge in [0.2, 0.25) is 0 Å². The number of Topliss-reactive ketones (excluding diaryl/α,β-unsaturated/α-hetero) is 1. The van der Waals surface area contributed by atoms with Crippen LogP contribution in [0.1, 0.15) is 79.6 Å². The maximum Gasteiger partial charge on any atom is 0.303 e. The first-order valence-corrected chi connectivity index (χ1v) is 11.0. The zero-order chi connectivity index (χ0) is 20.5. The van der Waals surface area contributed by atoms with Gasteiger partial charge in [-0.2, -0.15) is 0 Å². The lowest BCUT2D eigenvalue weighted by Gasteiger charge is -2.60. The van der Waals surface area contributed by atoms with Crippen LogP contribution in [0.2, 0.25) is 0 Å². The minimum absolute atomic E-state index is 0.00469. The maximum absolute atomic E-state index is 12.8. The van der Waals surface area contributed by atoms with E-state index < -0.39 is 5.60 Å². The van der Waals surface area contributed by atoms with Crippen LogP contribution in [0.15, 0.2) is 11.6 Å². The molecule has 3 fully saturated rings. The van der Waals surface area contributed by atoms with Crippen LogP contribution >= 0.6 is 0 Å². The summed E-state index contributed by atoms with van der Waals surface area (Å²) in [7, 11) is 0. The van der Waals surface area contributed by atoms with Gasteiger partial charge in [0.05, 0.1) is 0 Å². The van der Waals surface area contributed by atoms with Crippen LogP contribution in [0.25, 0.3) is 0 Å². The summed E-state index contributed by atoms with van der Waals surface area (Å²) in [5.41, 5.74) is 0.218. The van der Waals surface area contributed by atoms with E-state index in [1.54, 1.807) is 6.92 Å². The van der Waals surface area contributed by atoms with Crippen molar-refractivity contribution < 1.29 is 19.1 Å². The maximum atomic E-state index is 12.8. The molecule has 0 saturated heterocycles. The van der Waals surface area contributed by atoms with Gasteiger partial charge >= 0.3 is 5.97 Å². The third-order valence-electron chi connectivity index (χ3n) is 9.29. The molecular formula is C24H34O4. The summed E-state index contributed by atoms with van der Waals surface area (Å²) < 4.78 is 5.84. The Balaban J connectivity index is 1.73. The molecule has 7 atom stereocenters. The highest BCUT2D eigenvalue weighted by Crippen LogP contribution is 2.69. The van der Waals surface area contributed by atoms with Crippen molar-refractivity contribution in [3.05, 3.63) is 11.6 Å². The molecule has 4 aliphatic carbocycles. The molecule has 4 aliphatic rings. The average molecular weight is 387 g/mol. The van der Waals surface area contributed by atoms with Gasteiger partial charge in [-0.05, 0) is 80.6 Å². The molecule has 0 aromatic rings. The van der Waals surface area contributed by atoms with Crippen LogP contribution in [0.4, 0.5) is 0 Å². The van der Waals surface area contributed by atoms with Crippen LogP contribution < -0.4 is 0 Å². The molecule has 0 N–H and O–H groups in total. The number of esters is 1. The number of hydrogen-bond acceptors (Lipinski definition) is 4. The molecule has 4 nitrogen and oxygen atoms in total. The molecule has 0 spiro atoms. The Morgan fingerprint density at radius 1 is 1.07 bits per heavy atom. The third-order valence-corrected chi connectivity index (χ3v) is 9.29. The molecule has 154 valence electrons. The van der Waals surface area contributed by atoms with E-state index in [1.807, 2.05) is 6.08 Å². The highest BCUT2D eigenvalue weighted by molar-refractivity contribution is 5.92. The van der Waals surface area contributed by atoms with Crippen LogP contribution in [0.5, 0.6) is 0 Å². The lowest BCUT2D eigenvalue weighted by molar-refractivity contribution is -0.187. The summed E-state index contributed by atoms with van der Waals surface area (Å²) in [5, 5.41) is 0. The van der Waals surface area contributed by atoms with Crippen molar-refractivity contribution in [1.82, 2.24) is 0 Å². The lowest BCUT2D eigenvalue weighted by atomic mass is 9.44. The molecule has 4 heteroatoms. The van der Waals surface area contributed by atoms with Gasteiger partial charge < -0.3 is 4.74 Å². The molecule has 0 aromatic carbocycles. The fraction of sp³-hybridized carbons (Fsp3) is 0.792. The molecule has 0 heterocycles. The van der Waals surface area contributed by atoms with E-state index in [0.29, 0.717) is 36.5 Å². The van der Waals surface area contributed by atoms with Gasteiger partial charge in [0, 0.05) is 18.8 Å². The average Bonchev–Trinajstić information content (AvgIpc) is 2.90. The van der Waals surface area contributed by atoms with Crippen molar-refractivity contribution >= 4 is 17.5 Å². The van der Waals surface area contributed by atoms with Crippen molar-refractivity contribution in [2.24, 2.45) is 34.5 Å². The van der Waals surface area contributed by atoms with Crippen LogP contribution in [-0.4, -0.2) is 23.1 Å². The number of rotatable bonds is 2. The van der Waals surface area contributed by atoms with Crippen molar-refractivity contribution in [2.45, 2.75) is 85.2 Å². The van der Waals surface area contributed by atoms with Gasteiger partial charge in [-0.1, -0.05) is 26.3 Å². The van der Waals surface area contributed by atoms with E-state index in [1.165, 1.54) is 12.5 Å². The minimum Gasteiger partial charge on any atom is -0.451 e. The summed E-state index contributed by atoms with van der Waals surface area (Å²) in [6, 6.07) is 0. The molecule has 0 aromatic heterocycles. The van der Waals surface area contributed by atoms with Crippen LogP contribution in [-0.2, 0) is 19.1 Å². The zero-order valence-electron chi connectivity index (χ0n) is 18.0. The molecule has 0 radical (unpaired) electrons. The Labute approximate surface area is 168 Å². The number of hydrogen-bond donors (Lipinski definition) is 0. The predicted octanol–water partition coefficient (Wildman–Crippen LogP) is 4.66. The number of ketones is 2. The SMILES string of the molecule is CC(=O)O[C@@]1(C(C)=O)CC[C@@H]2[C@H]3C[C@H](C)C4=CC(=O)CC[C@]4(C)[C@@H]3CC[C@]21C. The highest BCUT2D eigenvalue weighted by atomic mass is 16.6. The largest absolute Gasteiger partial charge is 0.451 e. The molecule has 3 saturated carbocycles. The lowest BCUT2D eigenvalue weighted by Crippen LogP contribution is -2.59. The number of ether oxygens (including phenoxy) is 1.